The summed E-state index contributed by atoms with van der Waals surface area (Å²) in [5, 5.41) is 2.61. The van der Waals surface area contributed by atoms with Crippen LogP contribution in [0.25, 0.3) is 0 Å². The highest BCUT2D eigenvalue weighted by atomic mass is 32.2. The Kier molecular flexibility index (Phi) is 7.91. The molecule has 2 aromatic carbocycles. The Hall–Kier alpha value is -2.52. The number of halogens is 2. The molecule has 0 saturated carbocycles. The first-order valence-electron chi connectivity index (χ1n) is 9.38. The number of ether oxygens (including phenoxy) is 1. The van der Waals surface area contributed by atoms with Crippen molar-refractivity contribution >= 4 is 15.9 Å². The van der Waals surface area contributed by atoms with Crippen LogP contribution in [0.4, 0.5) is 8.78 Å². The molecular formula is C21H26F2N2O4S. The molecule has 0 fully saturated rings. The molecule has 0 aliphatic rings. The minimum Gasteiger partial charge on any atom is -0.435 e. The number of rotatable bonds is 9. The lowest BCUT2D eigenvalue weighted by Crippen LogP contribution is -2.30. The van der Waals surface area contributed by atoms with Crippen molar-refractivity contribution in [2.24, 2.45) is 0 Å². The predicted octanol–water partition coefficient (Wildman–Crippen LogP) is 3.57. The van der Waals surface area contributed by atoms with Crippen molar-refractivity contribution in [1.82, 2.24) is 10.0 Å². The highest BCUT2D eigenvalue weighted by molar-refractivity contribution is 7.89. The zero-order valence-electron chi connectivity index (χ0n) is 17.1. The van der Waals surface area contributed by atoms with E-state index in [0.29, 0.717) is 5.56 Å². The van der Waals surface area contributed by atoms with E-state index in [1.165, 1.54) is 30.3 Å². The quantitative estimate of drug-likeness (QED) is 0.624. The Morgan fingerprint density at radius 2 is 1.77 bits per heavy atom. The third kappa shape index (κ3) is 7.38. The Bertz CT molecular complexity index is 956. The normalized spacial score (nSPS) is 12.1. The number of hydrogen-bond donors (Lipinski definition) is 2. The Balaban J connectivity index is 1.82. The smallest absolute Gasteiger partial charge is 0.387 e. The van der Waals surface area contributed by atoms with Crippen LogP contribution in [-0.4, -0.2) is 27.5 Å². The molecule has 2 N–H and O–H groups in total. The predicted molar refractivity (Wildman–Crippen MR) is 110 cm³/mol. The van der Waals surface area contributed by atoms with Crippen LogP contribution in [0.3, 0.4) is 0 Å². The first kappa shape index (κ1) is 23.8. The van der Waals surface area contributed by atoms with E-state index >= 15 is 0 Å². The molecule has 0 radical (unpaired) electrons. The number of hydrogen-bond acceptors (Lipinski definition) is 4. The summed E-state index contributed by atoms with van der Waals surface area (Å²) >= 11 is 0. The number of carbonyl (C=O) groups is 1. The maximum absolute atomic E-state index is 12.4. The van der Waals surface area contributed by atoms with Crippen LogP contribution in [0.2, 0.25) is 0 Å². The molecule has 9 heteroatoms. The topological polar surface area (TPSA) is 84.5 Å². The molecule has 0 unspecified atom stereocenters. The van der Waals surface area contributed by atoms with E-state index in [1.807, 2.05) is 20.8 Å². The molecule has 0 aliphatic heterocycles. The number of carbonyl (C=O) groups excluding carboxylic acids is 1. The second-order valence-electron chi connectivity index (χ2n) is 7.72. The van der Waals surface area contributed by atoms with Crippen molar-refractivity contribution in [3.8, 4) is 5.75 Å². The maximum atomic E-state index is 12.4. The summed E-state index contributed by atoms with van der Waals surface area (Å²) in [5.74, 6) is -0.372. The van der Waals surface area contributed by atoms with Crippen LogP contribution in [-0.2, 0) is 26.8 Å². The molecule has 0 spiro atoms. The molecule has 0 aliphatic carbocycles. The van der Waals surface area contributed by atoms with E-state index in [0.717, 1.165) is 5.56 Å². The number of amides is 1. The molecule has 0 atom stereocenters. The van der Waals surface area contributed by atoms with Gasteiger partial charge in [-0.2, -0.15) is 8.78 Å². The summed E-state index contributed by atoms with van der Waals surface area (Å²) in [7, 11) is -3.72. The summed E-state index contributed by atoms with van der Waals surface area (Å²) in [6.45, 7) is 3.23. The summed E-state index contributed by atoms with van der Waals surface area (Å²) in [4.78, 5) is 12.1. The molecule has 2 rings (SSSR count). The summed E-state index contributed by atoms with van der Waals surface area (Å²) in [5.41, 5.74) is 1.52. The van der Waals surface area contributed by atoms with Gasteiger partial charge in [0.2, 0.25) is 15.9 Å². The standard InChI is InChI=1S/C21H26F2N2O4S/c1-21(2,3)16-7-9-18(10-8-16)30(27,28)25-12-11-19(26)24-14-15-5-4-6-17(13-15)29-20(22)23/h4-10,13,20,25H,11-12,14H2,1-3H3,(H,24,26). The molecule has 2 aromatic rings. The summed E-state index contributed by atoms with van der Waals surface area (Å²) < 4.78 is 55.9. The molecule has 164 valence electrons. The zero-order chi connectivity index (χ0) is 22.4. The fourth-order valence-corrected chi connectivity index (χ4v) is 3.67. The van der Waals surface area contributed by atoms with Crippen molar-refractivity contribution in [3.05, 3.63) is 59.7 Å². The third-order valence-electron chi connectivity index (χ3n) is 4.29. The SMILES string of the molecule is CC(C)(C)c1ccc(S(=O)(=O)NCCC(=O)NCc2cccc(OC(F)F)c2)cc1. The monoisotopic (exact) mass is 440 g/mol. The first-order valence-corrected chi connectivity index (χ1v) is 10.9. The van der Waals surface area contributed by atoms with Gasteiger partial charge in [0, 0.05) is 19.5 Å². The Labute approximate surface area is 175 Å². The van der Waals surface area contributed by atoms with Crippen molar-refractivity contribution in [2.45, 2.75) is 50.7 Å². The van der Waals surface area contributed by atoms with Crippen LogP contribution in [0.5, 0.6) is 5.75 Å². The van der Waals surface area contributed by atoms with Gasteiger partial charge >= 0.3 is 6.61 Å². The van der Waals surface area contributed by atoms with Gasteiger partial charge in [-0.25, -0.2) is 13.1 Å². The van der Waals surface area contributed by atoms with Crippen molar-refractivity contribution in [2.75, 3.05) is 6.54 Å². The molecule has 6 nitrogen and oxygen atoms in total. The van der Waals surface area contributed by atoms with Crippen LogP contribution in [0.15, 0.2) is 53.4 Å². The average Bonchev–Trinajstić information content (AvgIpc) is 2.65. The lowest BCUT2D eigenvalue weighted by atomic mass is 9.87. The summed E-state index contributed by atoms with van der Waals surface area (Å²) in [6.07, 6.45) is -0.0630. The van der Waals surface area contributed by atoms with Crippen LogP contribution >= 0.6 is 0 Å². The number of alkyl halides is 2. The Morgan fingerprint density at radius 3 is 2.37 bits per heavy atom. The van der Waals surface area contributed by atoms with Gasteiger partial charge in [0.1, 0.15) is 5.75 Å². The van der Waals surface area contributed by atoms with Gasteiger partial charge in [-0.05, 0) is 40.8 Å². The molecule has 0 bridgehead atoms. The highest BCUT2D eigenvalue weighted by Gasteiger charge is 2.17. The zero-order valence-corrected chi connectivity index (χ0v) is 17.9. The van der Waals surface area contributed by atoms with Gasteiger partial charge in [0.15, 0.2) is 0 Å². The molecule has 1 amide bonds. The highest BCUT2D eigenvalue weighted by Crippen LogP contribution is 2.23. The van der Waals surface area contributed by atoms with E-state index in [2.05, 4.69) is 14.8 Å². The van der Waals surface area contributed by atoms with Gasteiger partial charge in [0.25, 0.3) is 0 Å². The van der Waals surface area contributed by atoms with E-state index in [1.54, 1.807) is 18.2 Å². The van der Waals surface area contributed by atoms with E-state index in [9.17, 15) is 22.0 Å². The van der Waals surface area contributed by atoms with Gasteiger partial charge in [-0.15, -0.1) is 0 Å². The fraction of sp³-hybridized carbons (Fsp3) is 0.381. The first-order chi connectivity index (χ1) is 14.0. The molecule has 0 saturated heterocycles. The lowest BCUT2D eigenvalue weighted by Gasteiger charge is -2.19. The van der Waals surface area contributed by atoms with Crippen molar-refractivity contribution < 1.29 is 26.7 Å². The number of sulfonamides is 1. The van der Waals surface area contributed by atoms with Crippen LogP contribution < -0.4 is 14.8 Å². The van der Waals surface area contributed by atoms with Crippen molar-refractivity contribution in [3.63, 3.8) is 0 Å². The van der Waals surface area contributed by atoms with E-state index in [4.69, 9.17) is 0 Å². The average molecular weight is 441 g/mol. The van der Waals surface area contributed by atoms with Crippen molar-refractivity contribution in [1.29, 1.82) is 0 Å². The van der Waals surface area contributed by atoms with E-state index in [-0.39, 0.29) is 41.5 Å². The van der Waals surface area contributed by atoms with Crippen LogP contribution in [0, 0.1) is 0 Å². The molecule has 30 heavy (non-hydrogen) atoms. The lowest BCUT2D eigenvalue weighted by molar-refractivity contribution is -0.121. The summed E-state index contributed by atoms with van der Waals surface area (Å²) in [6, 6.07) is 12.6. The fourth-order valence-electron chi connectivity index (χ4n) is 2.64. The van der Waals surface area contributed by atoms with Gasteiger partial charge in [-0.1, -0.05) is 45.0 Å². The largest absolute Gasteiger partial charge is 0.435 e. The van der Waals surface area contributed by atoms with Gasteiger partial charge in [0.05, 0.1) is 4.90 Å². The molecule has 0 aromatic heterocycles. The molecule has 0 heterocycles. The minimum atomic E-state index is -3.72. The van der Waals surface area contributed by atoms with Crippen LogP contribution in [0.1, 0.15) is 38.3 Å². The minimum absolute atomic E-state index is 0.00184. The number of nitrogens with one attached hydrogen (secondary N) is 2. The third-order valence-corrected chi connectivity index (χ3v) is 5.77. The van der Waals surface area contributed by atoms with E-state index < -0.39 is 16.6 Å². The second-order valence-corrected chi connectivity index (χ2v) is 9.49. The maximum Gasteiger partial charge on any atom is 0.387 e. The van der Waals surface area contributed by atoms with Gasteiger partial charge in [-0.3, -0.25) is 4.79 Å². The molecular weight excluding hydrogens is 414 g/mol. The Morgan fingerprint density at radius 1 is 1.10 bits per heavy atom. The second kappa shape index (κ2) is 9.99. The number of benzene rings is 2. The van der Waals surface area contributed by atoms with Gasteiger partial charge < -0.3 is 10.1 Å².